The Morgan fingerprint density at radius 2 is 2.44 bits per heavy atom. The number of hydrogen-bond donors (Lipinski definition) is 1. The number of rotatable bonds is 3. The maximum absolute atomic E-state index is 5.89. The predicted molar refractivity (Wildman–Crippen MR) is 66.3 cm³/mol. The Bertz CT molecular complexity index is 358. The number of piperidine rings is 1. The molecule has 90 valence electrons. The zero-order valence-corrected chi connectivity index (χ0v) is 11.4. The van der Waals surface area contributed by atoms with Gasteiger partial charge in [-0.3, -0.25) is 4.68 Å². The lowest BCUT2D eigenvalue weighted by Crippen LogP contribution is -2.35. The van der Waals surface area contributed by atoms with E-state index in [2.05, 4.69) is 26.3 Å². The van der Waals surface area contributed by atoms with E-state index in [4.69, 9.17) is 4.74 Å². The number of hydrogen-bond acceptors (Lipinski definition) is 3. The number of aryl methyl sites for hydroxylation is 2. The molecule has 1 aliphatic rings. The van der Waals surface area contributed by atoms with Crippen molar-refractivity contribution in [1.29, 1.82) is 0 Å². The molecular formula is C11H18BrN3O. The highest BCUT2D eigenvalue weighted by atomic mass is 79.9. The van der Waals surface area contributed by atoms with E-state index < -0.39 is 0 Å². The van der Waals surface area contributed by atoms with Gasteiger partial charge in [0.05, 0.1) is 28.6 Å². The summed E-state index contributed by atoms with van der Waals surface area (Å²) in [6.45, 7) is 4.71. The highest BCUT2D eigenvalue weighted by Gasteiger charge is 2.16. The molecule has 1 unspecified atom stereocenters. The molecule has 2 rings (SSSR count). The van der Waals surface area contributed by atoms with Crippen molar-refractivity contribution in [2.24, 2.45) is 7.05 Å². The van der Waals surface area contributed by atoms with Crippen LogP contribution in [0.4, 0.5) is 0 Å². The molecule has 0 radical (unpaired) electrons. The minimum Gasteiger partial charge on any atom is -0.371 e. The number of ether oxygens (including phenoxy) is 1. The van der Waals surface area contributed by atoms with Crippen LogP contribution < -0.4 is 5.32 Å². The van der Waals surface area contributed by atoms with Crippen LogP contribution in [-0.4, -0.2) is 29.0 Å². The van der Waals surface area contributed by atoms with Crippen LogP contribution in [0.1, 0.15) is 24.2 Å². The zero-order valence-electron chi connectivity index (χ0n) is 9.79. The second-order valence-corrected chi connectivity index (χ2v) is 5.04. The van der Waals surface area contributed by atoms with E-state index in [1.54, 1.807) is 0 Å². The van der Waals surface area contributed by atoms with Crippen molar-refractivity contribution < 1.29 is 4.74 Å². The lowest BCUT2D eigenvalue weighted by atomic mass is 10.1. The quantitative estimate of drug-likeness (QED) is 0.921. The number of nitrogens with zero attached hydrogens (tertiary/aromatic N) is 2. The van der Waals surface area contributed by atoms with Gasteiger partial charge in [0.15, 0.2) is 0 Å². The van der Waals surface area contributed by atoms with E-state index >= 15 is 0 Å². The molecular weight excluding hydrogens is 270 g/mol. The highest BCUT2D eigenvalue weighted by Crippen LogP contribution is 2.21. The van der Waals surface area contributed by atoms with Crippen LogP contribution in [0.2, 0.25) is 0 Å². The molecule has 0 saturated carbocycles. The van der Waals surface area contributed by atoms with Gasteiger partial charge in [-0.25, -0.2) is 0 Å². The van der Waals surface area contributed by atoms with E-state index in [1.165, 1.54) is 6.42 Å². The Labute approximate surface area is 104 Å². The van der Waals surface area contributed by atoms with Crippen LogP contribution in [-0.2, 0) is 18.4 Å². The van der Waals surface area contributed by atoms with Crippen LogP contribution in [0.25, 0.3) is 0 Å². The summed E-state index contributed by atoms with van der Waals surface area (Å²) in [5, 5.41) is 7.69. The van der Waals surface area contributed by atoms with Crippen molar-refractivity contribution in [3.8, 4) is 0 Å². The fourth-order valence-corrected chi connectivity index (χ4v) is 2.45. The van der Waals surface area contributed by atoms with E-state index in [0.717, 1.165) is 35.4 Å². The molecule has 5 heteroatoms. The molecule has 1 aromatic heterocycles. The largest absolute Gasteiger partial charge is 0.371 e. The molecule has 0 aliphatic carbocycles. The molecule has 0 spiro atoms. The van der Waals surface area contributed by atoms with E-state index in [0.29, 0.717) is 12.7 Å². The van der Waals surface area contributed by atoms with Gasteiger partial charge in [-0.1, -0.05) is 0 Å². The van der Waals surface area contributed by atoms with Gasteiger partial charge in [0.25, 0.3) is 0 Å². The molecule has 1 saturated heterocycles. The average Bonchev–Trinajstić information content (AvgIpc) is 2.53. The van der Waals surface area contributed by atoms with Gasteiger partial charge in [-0.05, 0) is 42.2 Å². The van der Waals surface area contributed by atoms with E-state index in [1.807, 2.05) is 18.7 Å². The molecule has 4 nitrogen and oxygen atoms in total. The normalized spacial score (nSPS) is 21.3. The summed E-state index contributed by atoms with van der Waals surface area (Å²) in [5.74, 6) is 0. The first-order valence-corrected chi connectivity index (χ1v) is 6.48. The summed E-state index contributed by atoms with van der Waals surface area (Å²) in [6.07, 6.45) is 2.70. The summed E-state index contributed by atoms with van der Waals surface area (Å²) >= 11 is 3.55. The van der Waals surface area contributed by atoms with Gasteiger partial charge in [-0.15, -0.1) is 0 Å². The summed E-state index contributed by atoms with van der Waals surface area (Å²) < 4.78 is 8.84. The first-order valence-electron chi connectivity index (χ1n) is 5.68. The first kappa shape index (κ1) is 12.1. The Hall–Kier alpha value is -0.390. The van der Waals surface area contributed by atoms with Gasteiger partial charge in [0, 0.05) is 13.6 Å². The summed E-state index contributed by atoms with van der Waals surface area (Å²) in [6, 6.07) is 0. The summed E-state index contributed by atoms with van der Waals surface area (Å²) in [5.41, 5.74) is 2.13. The SMILES string of the molecule is Cc1nn(C)c(COC2CCCNC2)c1Br. The standard InChI is InChI=1S/C11H18BrN3O/c1-8-11(12)10(15(2)14-8)7-16-9-4-3-5-13-6-9/h9,13H,3-7H2,1-2H3. The van der Waals surface area contributed by atoms with Crippen molar-refractivity contribution in [3.05, 3.63) is 15.9 Å². The van der Waals surface area contributed by atoms with Gasteiger partial charge in [0.1, 0.15) is 0 Å². The van der Waals surface area contributed by atoms with Crippen molar-refractivity contribution >= 4 is 15.9 Å². The molecule has 0 aromatic carbocycles. The van der Waals surface area contributed by atoms with Crippen molar-refractivity contribution in [1.82, 2.24) is 15.1 Å². The van der Waals surface area contributed by atoms with Gasteiger partial charge >= 0.3 is 0 Å². The summed E-state index contributed by atoms with van der Waals surface area (Å²) in [4.78, 5) is 0. The van der Waals surface area contributed by atoms with Crippen LogP contribution in [0.3, 0.4) is 0 Å². The van der Waals surface area contributed by atoms with E-state index in [9.17, 15) is 0 Å². The molecule has 1 aromatic rings. The van der Waals surface area contributed by atoms with Crippen LogP contribution in [0, 0.1) is 6.92 Å². The van der Waals surface area contributed by atoms with E-state index in [-0.39, 0.29) is 0 Å². The molecule has 1 N–H and O–H groups in total. The van der Waals surface area contributed by atoms with Crippen LogP contribution >= 0.6 is 15.9 Å². The molecule has 1 fully saturated rings. The lowest BCUT2D eigenvalue weighted by molar-refractivity contribution is 0.0219. The molecule has 0 bridgehead atoms. The Kier molecular flexibility index (Phi) is 4.00. The maximum Gasteiger partial charge on any atom is 0.0900 e. The molecule has 1 aliphatic heterocycles. The smallest absolute Gasteiger partial charge is 0.0900 e. The fourth-order valence-electron chi connectivity index (χ4n) is 2.00. The van der Waals surface area contributed by atoms with Crippen molar-refractivity contribution in [3.63, 3.8) is 0 Å². The molecule has 16 heavy (non-hydrogen) atoms. The molecule has 0 amide bonds. The topological polar surface area (TPSA) is 39.1 Å². The van der Waals surface area contributed by atoms with Crippen LogP contribution in [0.5, 0.6) is 0 Å². The Balaban J connectivity index is 1.93. The zero-order chi connectivity index (χ0) is 11.5. The second kappa shape index (κ2) is 5.29. The number of halogens is 1. The minimum atomic E-state index is 0.343. The fraction of sp³-hybridized carbons (Fsp3) is 0.727. The maximum atomic E-state index is 5.89. The van der Waals surface area contributed by atoms with Gasteiger partial charge in [0.2, 0.25) is 0 Å². The Morgan fingerprint density at radius 3 is 3.00 bits per heavy atom. The van der Waals surface area contributed by atoms with Crippen molar-refractivity contribution in [2.45, 2.75) is 32.5 Å². The van der Waals surface area contributed by atoms with Crippen LogP contribution in [0.15, 0.2) is 4.47 Å². The highest BCUT2D eigenvalue weighted by molar-refractivity contribution is 9.10. The second-order valence-electron chi connectivity index (χ2n) is 4.25. The van der Waals surface area contributed by atoms with Gasteiger partial charge < -0.3 is 10.1 Å². The predicted octanol–water partition coefficient (Wildman–Crippen LogP) is 1.76. The van der Waals surface area contributed by atoms with Gasteiger partial charge in [-0.2, -0.15) is 5.10 Å². The third-order valence-electron chi connectivity index (χ3n) is 2.97. The molecule has 1 atom stereocenters. The third kappa shape index (κ3) is 2.64. The molecule has 2 heterocycles. The minimum absolute atomic E-state index is 0.343. The number of aromatic nitrogens is 2. The number of nitrogens with one attached hydrogen (secondary N) is 1. The Morgan fingerprint density at radius 1 is 1.62 bits per heavy atom. The monoisotopic (exact) mass is 287 g/mol. The summed E-state index contributed by atoms with van der Waals surface area (Å²) in [7, 11) is 1.95. The first-order chi connectivity index (χ1) is 7.68. The lowest BCUT2D eigenvalue weighted by Gasteiger charge is -2.23. The third-order valence-corrected chi connectivity index (χ3v) is 4.00. The van der Waals surface area contributed by atoms with Crippen molar-refractivity contribution in [2.75, 3.05) is 13.1 Å². The average molecular weight is 288 g/mol.